The Morgan fingerprint density at radius 3 is 2.89 bits per heavy atom. The standard InChI is InChI=1S/C11H15FN2O2S2/c1-8-7-14(4-5-17-8)18(15,16)11-6-9(13)2-3-10(11)12/h2-3,6,8H,4-5,7,13H2,1H3. The molecule has 1 unspecified atom stereocenters. The first kappa shape index (κ1) is 13.6. The molecule has 1 aliphatic heterocycles. The van der Waals surface area contributed by atoms with Crippen LogP contribution in [0.1, 0.15) is 6.92 Å². The van der Waals surface area contributed by atoms with Crippen LogP contribution in [0, 0.1) is 5.82 Å². The van der Waals surface area contributed by atoms with E-state index in [1.54, 1.807) is 11.8 Å². The quantitative estimate of drug-likeness (QED) is 0.839. The molecule has 1 aromatic rings. The lowest BCUT2D eigenvalue weighted by molar-refractivity contribution is 0.420. The Hall–Kier alpha value is -0.790. The van der Waals surface area contributed by atoms with Gasteiger partial charge in [0, 0.05) is 29.8 Å². The molecule has 0 saturated carbocycles. The molecule has 0 aliphatic carbocycles. The molecule has 2 rings (SSSR count). The minimum Gasteiger partial charge on any atom is -0.399 e. The van der Waals surface area contributed by atoms with Crippen molar-refractivity contribution in [1.82, 2.24) is 4.31 Å². The van der Waals surface area contributed by atoms with E-state index in [-0.39, 0.29) is 15.8 Å². The lowest BCUT2D eigenvalue weighted by Gasteiger charge is -2.29. The Kier molecular flexibility index (Phi) is 3.84. The van der Waals surface area contributed by atoms with Gasteiger partial charge in [0.25, 0.3) is 0 Å². The van der Waals surface area contributed by atoms with E-state index < -0.39 is 15.8 Å². The van der Waals surface area contributed by atoms with Crippen LogP contribution < -0.4 is 5.73 Å². The summed E-state index contributed by atoms with van der Waals surface area (Å²) in [5.41, 5.74) is 5.77. The molecule has 1 saturated heterocycles. The van der Waals surface area contributed by atoms with Crippen LogP contribution in [0.3, 0.4) is 0 Å². The highest BCUT2D eigenvalue weighted by Crippen LogP contribution is 2.26. The zero-order chi connectivity index (χ0) is 13.3. The summed E-state index contributed by atoms with van der Waals surface area (Å²) in [6.07, 6.45) is 0. The number of rotatable bonds is 2. The smallest absolute Gasteiger partial charge is 0.246 e. The summed E-state index contributed by atoms with van der Waals surface area (Å²) in [7, 11) is -3.78. The normalized spacial score (nSPS) is 22.0. The maximum atomic E-state index is 13.7. The molecule has 1 heterocycles. The third-order valence-electron chi connectivity index (χ3n) is 2.78. The third kappa shape index (κ3) is 2.62. The fourth-order valence-corrected chi connectivity index (χ4v) is 4.71. The van der Waals surface area contributed by atoms with Gasteiger partial charge in [0.2, 0.25) is 10.0 Å². The van der Waals surface area contributed by atoms with E-state index in [4.69, 9.17) is 5.73 Å². The molecule has 0 bridgehead atoms. The van der Waals surface area contributed by atoms with E-state index in [0.29, 0.717) is 13.1 Å². The molecule has 100 valence electrons. The molecular weight excluding hydrogens is 275 g/mol. The average Bonchev–Trinajstić information content (AvgIpc) is 2.32. The molecule has 2 N–H and O–H groups in total. The lowest BCUT2D eigenvalue weighted by Crippen LogP contribution is -2.41. The Morgan fingerprint density at radius 2 is 2.22 bits per heavy atom. The number of nitrogen functional groups attached to an aromatic ring is 1. The molecule has 1 atom stereocenters. The predicted molar refractivity (Wildman–Crippen MR) is 71.5 cm³/mol. The monoisotopic (exact) mass is 290 g/mol. The van der Waals surface area contributed by atoms with Crippen molar-refractivity contribution in [1.29, 1.82) is 0 Å². The molecule has 7 heteroatoms. The molecule has 1 aliphatic rings. The van der Waals surface area contributed by atoms with Crippen LogP contribution in [0.5, 0.6) is 0 Å². The largest absolute Gasteiger partial charge is 0.399 e. The second-order valence-corrected chi connectivity index (χ2v) is 7.69. The highest BCUT2D eigenvalue weighted by atomic mass is 32.2. The van der Waals surface area contributed by atoms with Gasteiger partial charge in [0.1, 0.15) is 10.7 Å². The van der Waals surface area contributed by atoms with Crippen LogP contribution in [-0.2, 0) is 10.0 Å². The Labute approximate surface area is 110 Å². The second kappa shape index (κ2) is 5.07. The number of anilines is 1. The van der Waals surface area contributed by atoms with E-state index in [1.807, 2.05) is 6.92 Å². The molecule has 1 aromatic carbocycles. The van der Waals surface area contributed by atoms with Gasteiger partial charge in [-0.25, -0.2) is 12.8 Å². The first-order chi connectivity index (χ1) is 8.41. The van der Waals surface area contributed by atoms with Gasteiger partial charge in [-0.3, -0.25) is 0 Å². The number of sulfonamides is 1. The number of halogens is 1. The maximum Gasteiger partial charge on any atom is 0.246 e. The van der Waals surface area contributed by atoms with Crippen molar-refractivity contribution in [2.75, 3.05) is 24.6 Å². The molecule has 0 aromatic heterocycles. The maximum absolute atomic E-state index is 13.7. The van der Waals surface area contributed by atoms with E-state index in [2.05, 4.69) is 0 Å². The molecule has 4 nitrogen and oxygen atoms in total. The lowest BCUT2D eigenvalue weighted by atomic mass is 10.3. The van der Waals surface area contributed by atoms with Crippen LogP contribution in [0.25, 0.3) is 0 Å². The zero-order valence-corrected chi connectivity index (χ0v) is 11.6. The van der Waals surface area contributed by atoms with Crippen molar-refractivity contribution in [3.63, 3.8) is 0 Å². The highest BCUT2D eigenvalue weighted by molar-refractivity contribution is 8.00. The van der Waals surface area contributed by atoms with Crippen LogP contribution in [0.2, 0.25) is 0 Å². The predicted octanol–water partition coefficient (Wildman–Crippen LogP) is 1.53. The molecule has 0 spiro atoms. The first-order valence-electron chi connectivity index (χ1n) is 5.58. The van der Waals surface area contributed by atoms with E-state index in [9.17, 15) is 12.8 Å². The van der Waals surface area contributed by atoms with Gasteiger partial charge in [0.15, 0.2) is 0 Å². The van der Waals surface area contributed by atoms with Crippen molar-refractivity contribution in [2.24, 2.45) is 0 Å². The summed E-state index contributed by atoms with van der Waals surface area (Å²) in [6.45, 7) is 2.77. The van der Waals surface area contributed by atoms with Crippen LogP contribution in [0.15, 0.2) is 23.1 Å². The number of hydrogen-bond donors (Lipinski definition) is 1. The fourth-order valence-electron chi connectivity index (χ4n) is 1.86. The minimum absolute atomic E-state index is 0.220. The second-order valence-electron chi connectivity index (χ2n) is 4.23. The van der Waals surface area contributed by atoms with Crippen molar-refractivity contribution in [3.05, 3.63) is 24.0 Å². The van der Waals surface area contributed by atoms with Crippen LogP contribution >= 0.6 is 11.8 Å². The fraction of sp³-hybridized carbons (Fsp3) is 0.455. The van der Waals surface area contributed by atoms with Gasteiger partial charge < -0.3 is 5.73 Å². The van der Waals surface area contributed by atoms with Gasteiger partial charge in [-0.05, 0) is 18.2 Å². The van der Waals surface area contributed by atoms with Gasteiger partial charge in [0.05, 0.1) is 0 Å². The third-order valence-corrected chi connectivity index (χ3v) is 5.79. The molecular formula is C11H15FN2O2S2. The molecule has 1 fully saturated rings. The summed E-state index contributed by atoms with van der Waals surface area (Å²) in [5.74, 6) is -0.0280. The van der Waals surface area contributed by atoms with Gasteiger partial charge in [-0.2, -0.15) is 16.1 Å². The number of benzene rings is 1. The Bertz CT molecular complexity index is 548. The van der Waals surface area contributed by atoms with Crippen molar-refractivity contribution in [3.8, 4) is 0 Å². The first-order valence-corrected chi connectivity index (χ1v) is 8.07. The van der Waals surface area contributed by atoms with Crippen LogP contribution in [0.4, 0.5) is 10.1 Å². The number of nitrogens with zero attached hydrogens (tertiary/aromatic N) is 1. The summed E-state index contributed by atoms with van der Waals surface area (Å²) in [5, 5.41) is 0.220. The summed E-state index contributed by atoms with van der Waals surface area (Å²) < 4.78 is 39.6. The summed E-state index contributed by atoms with van der Waals surface area (Å²) in [6, 6.07) is 3.62. The van der Waals surface area contributed by atoms with Crippen LogP contribution in [-0.4, -0.2) is 36.8 Å². The van der Waals surface area contributed by atoms with Gasteiger partial charge >= 0.3 is 0 Å². The highest BCUT2D eigenvalue weighted by Gasteiger charge is 2.31. The number of thioether (sulfide) groups is 1. The summed E-state index contributed by atoms with van der Waals surface area (Å²) in [4.78, 5) is -0.332. The summed E-state index contributed by atoms with van der Waals surface area (Å²) >= 11 is 1.72. The molecule has 0 amide bonds. The molecule has 0 radical (unpaired) electrons. The van der Waals surface area contributed by atoms with Crippen molar-refractivity contribution in [2.45, 2.75) is 17.1 Å². The number of nitrogens with two attached hydrogens (primary N) is 1. The van der Waals surface area contributed by atoms with Crippen molar-refractivity contribution < 1.29 is 12.8 Å². The SMILES string of the molecule is CC1CN(S(=O)(=O)c2cc(N)ccc2F)CCS1. The Balaban J connectivity index is 2.38. The Morgan fingerprint density at radius 1 is 1.50 bits per heavy atom. The average molecular weight is 290 g/mol. The minimum atomic E-state index is -3.78. The van der Waals surface area contributed by atoms with E-state index >= 15 is 0 Å². The number of hydrogen-bond acceptors (Lipinski definition) is 4. The van der Waals surface area contributed by atoms with Gasteiger partial charge in [-0.1, -0.05) is 6.92 Å². The van der Waals surface area contributed by atoms with Gasteiger partial charge in [-0.15, -0.1) is 0 Å². The topological polar surface area (TPSA) is 63.4 Å². The molecule has 18 heavy (non-hydrogen) atoms. The van der Waals surface area contributed by atoms with E-state index in [1.165, 1.54) is 16.4 Å². The van der Waals surface area contributed by atoms with Crippen molar-refractivity contribution >= 4 is 27.5 Å². The zero-order valence-electron chi connectivity index (χ0n) is 9.97. The van der Waals surface area contributed by atoms with E-state index in [0.717, 1.165) is 11.8 Å².